The summed E-state index contributed by atoms with van der Waals surface area (Å²) in [7, 11) is -1.35. The molecule has 2 heterocycles. The molecule has 1 aliphatic heterocycles. The molecule has 1 aromatic heterocycles. The summed E-state index contributed by atoms with van der Waals surface area (Å²) in [4.78, 5) is 0. The van der Waals surface area contributed by atoms with Crippen LogP contribution in [0, 0.1) is 19.8 Å². The van der Waals surface area contributed by atoms with Crippen LogP contribution in [0.5, 0.6) is 0 Å². The molecular formula is C15H25N3O3S. The van der Waals surface area contributed by atoms with Crippen molar-refractivity contribution in [2.45, 2.75) is 39.2 Å². The Labute approximate surface area is 132 Å². The van der Waals surface area contributed by atoms with Gasteiger partial charge in [-0.25, -0.2) is 8.42 Å². The Morgan fingerprint density at radius 2 is 2.05 bits per heavy atom. The summed E-state index contributed by atoms with van der Waals surface area (Å²) in [6, 6.07) is -0.244. The van der Waals surface area contributed by atoms with Gasteiger partial charge in [0.2, 0.25) is 10.0 Å². The number of hydrogen-bond acceptors (Lipinski definition) is 4. The summed E-state index contributed by atoms with van der Waals surface area (Å²) < 4.78 is 34.6. The summed E-state index contributed by atoms with van der Waals surface area (Å²) in [6.45, 7) is 5.24. The molecule has 0 amide bonds. The van der Waals surface area contributed by atoms with Crippen molar-refractivity contribution in [2.75, 3.05) is 25.5 Å². The van der Waals surface area contributed by atoms with Crippen LogP contribution < -0.4 is 0 Å². The number of morpholine rings is 1. The first kappa shape index (κ1) is 16.0. The predicted molar refractivity (Wildman–Crippen MR) is 84.1 cm³/mol. The third kappa shape index (κ3) is 3.07. The smallest absolute Gasteiger partial charge is 0.214 e. The van der Waals surface area contributed by atoms with Crippen molar-refractivity contribution in [3.63, 3.8) is 0 Å². The maximum atomic E-state index is 12.8. The molecule has 1 saturated carbocycles. The zero-order chi connectivity index (χ0) is 15.9. The minimum absolute atomic E-state index is 0.244. The highest BCUT2D eigenvalue weighted by molar-refractivity contribution is 7.89. The Morgan fingerprint density at radius 1 is 1.32 bits per heavy atom. The van der Waals surface area contributed by atoms with Crippen molar-refractivity contribution < 1.29 is 13.2 Å². The molecule has 7 heteroatoms. The molecule has 0 bridgehead atoms. The number of aromatic nitrogens is 2. The van der Waals surface area contributed by atoms with Gasteiger partial charge in [0.15, 0.2) is 0 Å². The largest absolute Gasteiger partial charge is 0.378 e. The molecule has 2 aliphatic rings. The Morgan fingerprint density at radius 3 is 2.64 bits per heavy atom. The van der Waals surface area contributed by atoms with Gasteiger partial charge in [0, 0.05) is 24.8 Å². The first-order valence-electron chi connectivity index (χ1n) is 7.97. The number of rotatable bonds is 5. The van der Waals surface area contributed by atoms with Crippen molar-refractivity contribution in [3.8, 4) is 0 Å². The standard InChI is InChI=1S/C15H25N3O3S/c1-11-15(12(2)17(3)16-11)14-10-21-8-7-18(14)22(19,20)9-6-13-4-5-13/h13-14H,4-10H2,1-3H3/t14-/m0/s1. The zero-order valence-corrected chi connectivity index (χ0v) is 14.4. The summed E-state index contributed by atoms with van der Waals surface area (Å²) in [5.41, 5.74) is 2.89. The molecule has 6 nitrogen and oxygen atoms in total. The molecule has 0 unspecified atom stereocenters. The SMILES string of the molecule is Cc1nn(C)c(C)c1[C@@H]1COCCN1S(=O)(=O)CCC1CC1. The van der Waals surface area contributed by atoms with Crippen LogP contribution in [0.3, 0.4) is 0 Å². The first-order chi connectivity index (χ1) is 10.4. The van der Waals surface area contributed by atoms with E-state index in [-0.39, 0.29) is 11.8 Å². The average molecular weight is 327 g/mol. The molecular weight excluding hydrogens is 302 g/mol. The third-order valence-electron chi connectivity index (χ3n) is 4.82. The van der Waals surface area contributed by atoms with E-state index in [0.717, 1.165) is 23.4 Å². The van der Waals surface area contributed by atoms with Gasteiger partial charge in [-0.05, 0) is 26.2 Å². The van der Waals surface area contributed by atoms with E-state index in [1.807, 2.05) is 25.6 Å². The van der Waals surface area contributed by atoms with Gasteiger partial charge in [0.25, 0.3) is 0 Å². The van der Waals surface area contributed by atoms with Gasteiger partial charge in [-0.15, -0.1) is 0 Å². The first-order valence-corrected chi connectivity index (χ1v) is 9.58. The van der Waals surface area contributed by atoms with E-state index >= 15 is 0 Å². The maximum Gasteiger partial charge on any atom is 0.214 e. The molecule has 1 aromatic rings. The lowest BCUT2D eigenvalue weighted by Gasteiger charge is -2.35. The molecule has 0 spiro atoms. The second kappa shape index (κ2) is 5.94. The molecule has 1 aliphatic carbocycles. The Hall–Kier alpha value is -0.920. The van der Waals surface area contributed by atoms with E-state index in [0.29, 0.717) is 25.7 Å². The summed E-state index contributed by atoms with van der Waals surface area (Å²) >= 11 is 0. The van der Waals surface area contributed by atoms with Crippen molar-refractivity contribution >= 4 is 10.0 Å². The van der Waals surface area contributed by atoms with Crippen LogP contribution in [0.4, 0.5) is 0 Å². The minimum atomic E-state index is -3.24. The maximum absolute atomic E-state index is 12.8. The number of hydrogen-bond donors (Lipinski definition) is 0. The van der Waals surface area contributed by atoms with Crippen molar-refractivity contribution in [1.82, 2.24) is 14.1 Å². The second-order valence-electron chi connectivity index (χ2n) is 6.46. The van der Waals surface area contributed by atoms with Gasteiger partial charge in [-0.3, -0.25) is 4.68 Å². The highest BCUT2D eigenvalue weighted by Crippen LogP contribution is 2.35. The van der Waals surface area contributed by atoms with Gasteiger partial charge < -0.3 is 4.74 Å². The van der Waals surface area contributed by atoms with Crippen molar-refractivity contribution in [3.05, 3.63) is 17.0 Å². The van der Waals surface area contributed by atoms with Gasteiger partial charge in [-0.1, -0.05) is 12.8 Å². The van der Waals surface area contributed by atoms with E-state index < -0.39 is 10.0 Å². The zero-order valence-electron chi connectivity index (χ0n) is 13.6. The predicted octanol–water partition coefficient (Wildman–Crippen LogP) is 1.54. The van der Waals surface area contributed by atoms with E-state index in [1.165, 1.54) is 12.8 Å². The fourth-order valence-electron chi connectivity index (χ4n) is 3.26. The van der Waals surface area contributed by atoms with E-state index in [9.17, 15) is 8.42 Å². The quantitative estimate of drug-likeness (QED) is 0.823. The van der Waals surface area contributed by atoms with Gasteiger partial charge in [0.1, 0.15) is 0 Å². The van der Waals surface area contributed by atoms with Gasteiger partial charge in [-0.2, -0.15) is 9.40 Å². The van der Waals surface area contributed by atoms with E-state index in [1.54, 1.807) is 4.31 Å². The lowest BCUT2D eigenvalue weighted by Crippen LogP contribution is -2.44. The Kier molecular flexibility index (Phi) is 4.31. The van der Waals surface area contributed by atoms with Gasteiger partial charge >= 0.3 is 0 Å². The Balaban J connectivity index is 1.87. The monoisotopic (exact) mass is 327 g/mol. The molecule has 124 valence electrons. The van der Waals surface area contributed by atoms with Crippen molar-refractivity contribution in [1.29, 1.82) is 0 Å². The number of nitrogens with zero attached hydrogens (tertiary/aromatic N) is 3. The lowest BCUT2D eigenvalue weighted by atomic mass is 10.0. The Bertz CT molecular complexity index is 649. The number of aryl methyl sites for hydroxylation is 2. The molecule has 1 saturated heterocycles. The number of ether oxygens (including phenoxy) is 1. The fourth-order valence-corrected chi connectivity index (χ4v) is 5.03. The molecule has 3 rings (SSSR count). The minimum Gasteiger partial charge on any atom is -0.378 e. The molecule has 1 atom stereocenters. The van der Waals surface area contributed by atoms with Gasteiger partial charge in [0.05, 0.1) is 30.7 Å². The number of sulfonamides is 1. The lowest BCUT2D eigenvalue weighted by molar-refractivity contribution is 0.0316. The molecule has 22 heavy (non-hydrogen) atoms. The molecule has 0 N–H and O–H groups in total. The summed E-state index contributed by atoms with van der Waals surface area (Å²) in [5.74, 6) is 0.878. The normalized spacial score (nSPS) is 23.9. The van der Waals surface area contributed by atoms with Crippen LogP contribution in [0.1, 0.15) is 42.3 Å². The highest BCUT2D eigenvalue weighted by atomic mass is 32.2. The van der Waals surface area contributed by atoms with Crippen LogP contribution in [-0.4, -0.2) is 48.0 Å². The molecule has 0 aromatic carbocycles. The van der Waals surface area contributed by atoms with E-state index in [2.05, 4.69) is 5.10 Å². The van der Waals surface area contributed by atoms with Crippen LogP contribution in [0.15, 0.2) is 0 Å². The average Bonchev–Trinajstić information content (AvgIpc) is 3.26. The topological polar surface area (TPSA) is 64.4 Å². The van der Waals surface area contributed by atoms with Crippen LogP contribution in [-0.2, 0) is 21.8 Å². The van der Waals surface area contributed by atoms with Crippen LogP contribution in [0.25, 0.3) is 0 Å². The molecule has 0 radical (unpaired) electrons. The third-order valence-corrected chi connectivity index (χ3v) is 6.72. The highest BCUT2D eigenvalue weighted by Gasteiger charge is 2.37. The van der Waals surface area contributed by atoms with Crippen LogP contribution in [0.2, 0.25) is 0 Å². The van der Waals surface area contributed by atoms with Crippen molar-refractivity contribution in [2.24, 2.45) is 13.0 Å². The van der Waals surface area contributed by atoms with E-state index in [4.69, 9.17) is 4.74 Å². The summed E-state index contributed by atoms with van der Waals surface area (Å²) in [6.07, 6.45) is 3.16. The molecule has 2 fully saturated rings. The fraction of sp³-hybridized carbons (Fsp3) is 0.800. The summed E-state index contributed by atoms with van der Waals surface area (Å²) in [5, 5.41) is 4.43. The van der Waals surface area contributed by atoms with Crippen LogP contribution >= 0.6 is 0 Å². The second-order valence-corrected chi connectivity index (χ2v) is 8.50.